The molecule has 0 fully saturated rings. The van der Waals surface area contributed by atoms with Crippen LogP contribution >= 0.6 is 10.5 Å². The molecule has 1 unspecified atom stereocenters. The monoisotopic (exact) mass is 311 g/mol. The third-order valence-corrected chi connectivity index (χ3v) is 5.57. The Bertz CT molecular complexity index is 425. The molecule has 0 spiro atoms. The van der Waals surface area contributed by atoms with Crippen LogP contribution in [0.3, 0.4) is 0 Å². The Morgan fingerprint density at radius 1 is 0.905 bits per heavy atom. The molecular formula is C17H29NO2S. The van der Waals surface area contributed by atoms with Gasteiger partial charge in [-0.2, -0.15) is 0 Å². The molecule has 0 aromatic heterocycles. The lowest BCUT2D eigenvalue weighted by Gasteiger charge is -2.10. The first-order chi connectivity index (χ1) is 10.1. The topological polar surface area (TPSA) is 66.5 Å². The summed E-state index contributed by atoms with van der Waals surface area (Å²) in [4.78, 5) is 0.951. The number of anilines is 1. The third kappa shape index (κ3) is 7.65. The second-order valence-corrected chi connectivity index (χ2v) is 7.45. The number of nitrogens with two attached hydrogens (primary N) is 1. The molecule has 0 heterocycles. The lowest BCUT2D eigenvalue weighted by molar-refractivity contribution is 0.384. The summed E-state index contributed by atoms with van der Waals surface area (Å²) < 4.78 is 0. The van der Waals surface area contributed by atoms with Gasteiger partial charge in [0.15, 0.2) is 0 Å². The maximum Gasteiger partial charge on any atom is 0.209 e. The third-order valence-electron chi connectivity index (χ3n) is 3.59. The summed E-state index contributed by atoms with van der Waals surface area (Å²) in [6.45, 7) is 2.23. The molecule has 3 nitrogen and oxygen atoms in total. The van der Waals surface area contributed by atoms with Crippen molar-refractivity contribution >= 4 is 21.4 Å². The van der Waals surface area contributed by atoms with Gasteiger partial charge in [0.2, 0.25) is 5.24 Å². The summed E-state index contributed by atoms with van der Waals surface area (Å²) in [5, 5.41) is 18.5. The Kier molecular flexibility index (Phi) is 9.39. The van der Waals surface area contributed by atoms with Crippen molar-refractivity contribution in [2.75, 3.05) is 11.5 Å². The van der Waals surface area contributed by atoms with E-state index in [4.69, 9.17) is 5.73 Å². The van der Waals surface area contributed by atoms with E-state index in [1.165, 1.54) is 38.5 Å². The van der Waals surface area contributed by atoms with Gasteiger partial charge < -0.3 is 15.9 Å². The average molecular weight is 311 g/mol. The van der Waals surface area contributed by atoms with E-state index in [1.54, 1.807) is 0 Å². The number of nitrogen functional groups attached to an aromatic ring is 1. The Hall–Kier alpha value is -0.840. The maximum atomic E-state index is 9.49. The van der Waals surface area contributed by atoms with Crippen LogP contribution in [-0.2, 0) is 0 Å². The van der Waals surface area contributed by atoms with Crippen LogP contribution in [0.1, 0.15) is 58.3 Å². The lowest BCUT2D eigenvalue weighted by atomic mass is 10.1. The van der Waals surface area contributed by atoms with E-state index >= 15 is 0 Å². The van der Waals surface area contributed by atoms with Crippen molar-refractivity contribution in [2.45, 2.75) is 63.2 Å². The molecule has 1 aromatic rings. The molecule has 120 valence electrons. The highest BCUT2D eigenvalue weighted by molar-refractivity contribution is 8.15. The summed E-state index contributed by atoms with van der Waals surface area (Å²) in [6, 6.07) is 7.39. The van der Waals surface area contributed by atoms with E-state index < -0.39 is 15.7 Å². The second-order valence-electron chi connectivity index (χ2n) is 5.42. The normalized spacial score (nSPS) is 12.3. The lowest BCUT2D eigenvalue weighted by Crippen LogP contribution is -1.98. The zero-order valence-corrected chi connectivity index (χ0v) is 13.9. The van der Waals surface area contributed by atoms with Crippen molar-refractivity contribution < 1.29 is 10.2 Å². The van der Waals surface area contributed by atoms with Crippen molar-refractivity contribution in [1.82, 2.24) is 0 Å². The first-order valence-corrected chi connectivity index (χ1v) is 9.36. The Morgan fingerprint density at radius 3 is 1.95 bits per heavy atom. The molecule has 4 N–H and O–H groups in total. The molecule has 0 radical (unpaired) electrons. The highest BCUT2D eigenvalue weighted by Gasteiger charge is 2.05. The highest BCUT2D eigenvalue weighted by atomic mass is 32.2. The fourth-order valence-electron chi connectivity index (χ4n) is 2.33. The molecule has 0 saturated carbocycles. The quantitative estimate of drug-likeness (QED) is 0.314. The fourth-order valence-corrected chi connectivity index (χ4v) is 3.91. The van der Waals surface area contributed by atoms with Crippen molar-refractivity contribution in [3.63, 3.8) is 0 Å². The smallest absolute Gasteiger partial charge is 0.209 e. The van der Waals surface area contributed by atoms with E-state index in [-0.39, 0.29) is 0 Å². The summed E-state index contributed by atoms with van der Waals surface area (Å²) in [7, 11) is -0.586. The summed E-state index contributed by atoms with van der Waals surface area (Å²) >= 11 is 0. The zero-order valence-electron chi connectivity index (χ0n) is 13.1. The first-order valence-electron chi connectivity index (χ1n) is 7.96. The van der Waals surface area contributed by atoms with Crippen molar-refractivity contribution in [2.24, 2.45) is 0 Å². The van der Waals surface area contributed by atoms with Gasteiger partial charge >= 0.3 is 0 Å². The highest BCUT2D eigenvalue weighted by Crippen LogP contribution is 2.29. The van der Waals surface area contributed by atoms with Crippen LogP contribution in [0.4, 0.5) is 5.69 Å². The van der Waals surface area contributed by atoms with Gasteiger partial charge in [-0.1, -0.05) is 51.9 Å². The predicted molar refractivity (Wildman–Crippen MR) is 94.5 cm³/mol. The molecule has 0 aliphatic carbocycles. The van der Waals surface area contributed by atoms with Crippen LogP contribution in [0, 0.1) is 0 Å². The standard InChI is InChI=1S/C17H29NO2S/c1-2-3-4-5-6-7-8-9-14-21(17(19)20)16-12-10-15(18)11-13-16/h10-13,19-20H,2-9,14,18H2,1H3. The van der Waals surface area contributed by atoms with Crippen molar-refractivity contribution in [3.8, 4) is 0 Å². The van der Waals surface area contributed by atoms with E-state index in [0.29, 0.717) is 5.69 Å². The van der Waals surface area contributed by atoms with Crippen molar-refractivity contribution in [1.29, 1.82) is 0 Å². The van der Waals surface area contributed by atoms with Gasteiger partial charge in [0.05, 0.1) is 0 Å². The van der Waals surface area contributed by atoms with Gasteiger partial charge in [-0.15, -0.1) is 10.5 Å². The number of hydrogen-bond acceptors (Lipinski definition) is 1. The predicted octanol–water partition coefficient (Wildman–Crippen LogP) is 5.24. The first kappa shape index (κ1) is 18.2. The molecule has 0 saturated heterocycles. The molecule has 0 aliphatic heterocycles. The molecule has 0 aliphatic rings. The molecule has 21 heavy (non-hydrogen) atoms. The number of benzene rings is 1. The van der Waals surface area contributed by atoms with Crippen LogP contribution in [-0.4, -0.2) is 21.2 Å². The minimum atomic E-state index is -0.586. The van der Waals surface area contributed by atoms with Gasteiger partial charge in [0.1, 0.15) is 0 Å². The summed E-state index contributed by atoms with van der Waals surface area (Å²) in [6.07, 6.45) is 10.0. The van der Waals surface area contributed by atoms with Gasteiger partial charge in [0, 0.05) is 10.6 Å². The minimum absolute atomic E-state index is 0.456. The zero-order chi connectivity index (χ0) is 15.5. The maximum absolute atomic E-state index is 9.49. The van der Waals surface area contributed by atoms with Crippen LogP contribution in [0.15, 0.2) is 29.2 Å². The second kappa shape index (κ2) is 10.8. The average Bonchev–Trinajstić information content (AvgIpc) is 2.47. The van der Waals surface area contributed by atoms with Crippen LogP contribution in [0.2, 0.25) is 0 Å². The Balaban J connectivity index is 2.30. The number of rotatable bonds is 10. The van der Waals surface area contributed by atoms with Gasteiger partial charge in [-0.25, -0.2) is 0 Å². The number of aliphatic hydroxyl groups is 2. The number of hydrogen-bond donors (Lipinski definition) is 3. The van der Waals surface area contributed by atoms with Gasteiger partial charge in [-0.05, 0) is 36.4 Å². The van der Waals surface area contributed by atoms with E-state index in [2.05, 4.69) is 6.92 Å². The minimum Gasteiger partial charge on any atom is -0.399 e. The summed E-state index contributed by atoms with van der Waals surface area (Å²) in [5.41, 5.74) is 6.36. The fraction of sp³-hybridized carbons (Fsp3) is 0.588. The SMILES string of the molecule is CCCCCCCCCCS(=C(O)O)c1ccc(N)cc1. The van der Waals surface area contributed by atoms with Crippen LogP contribution in [0.5, 0.6) is 0 Å². The molecular weight excluding hydrogens is 282 g/mol. The Morgan fingerprint density at radius 2 is 1.43 bits per heavy atom. The van der Waals surface area contributed by atoms with Crippen molar-refractivity contribution in [3.05, 3.63) is 24.3 Å². The Labute approximate surface area is 131 Å². The molecule has 1 aromatic carbocycles. The van der Waals surface area contributed by atoms with Crippen LogP contribution in [0.25, 0.3) is 0 Å². The molecule has 0 amide bonds. The largest absolute Gasteiger partial charge is 0.399 e. The molecule has 0 bridgehead atoms. The van der Waals surface area contributed by atoms with E-state index in [0.717, 1.165) is 23.5 Å². The molecule has 4 heteroatoms. The van der Waals surface area contributed by atoms with Crippen LogP contribution < -0.4 is 5.73 Å². The van der Waals surface area contributed by atoms with Gasteiger partial charge in [0.25, 0.3) is 0 Å². The number of unbranched alkanes of at least 4 members (excludes halogenated alkanes) is 7. The number of aliphatic hydroxyl groups excluding tert-OH is 1. The van der Waals surface area contributed by atoms with E-state index in [9.17, 15) is 10.2 Å². The molecule has 1 atom stereocenters. The summed E-state index contributed by atoms with van der Waals surface area (Å²) in [5.74, 6) is 0.807. The van der Waals surface area contributed by atoms with Gasteiger partial charge in [-0.3, -0.25) is 0 Å². The van der Waals surface area contributed by atoms with E-state index in [1.807, 2.05) is 24.3 Å². The molecule has 1 rings (SSSR count).